The smallest absolute Gasteiger partial charge is 0.149 e. The van der Waals surface area contributed by atoms with Crippen molar-refractivity contribution in [3.05, 3.63) is 61.1 Å². The molecule has 0 aliphatic heterocycles. The Morgan fingerprint density at radius 1 is 0.810 bits per heavy atom. The summed E-state index contributed by atoms with van der Waals surface area (Å²) in [6, 6.07) is 13.7. The fourth-order valence-corrected chi connectivity index (χ4v) is 1.95. The van der Waals surface area contributed by atoms with Crippen molar-refractivity contribution in [3.63, 3.8) is 0 Å². The maximum absolute atomic E-state index is 5.14. The number of nitrogens with two attached hydrogens (primary N) is 1. The Bertz CT molecular complexity index is 808. The maximum Gasteiger partial charge on any atom is 0.149 e. The van der Waals surface area contributed by atoms with E-state index in [1.54, 1.807) is 12.3 Å². The summed E-state index contributed by atoms with van der Waals surface area (Å²) in [6.45, 7) is 0. The van der Waals surface area contributed by atoms with Crippen LogP contribution in [0.2, 0.25) is 0 Å². The minimum atomic E-state index is 0.398. The number of fused-ring (bicyclic) bond motifs is 3. The monoisotopic (exact) mass is 276 g/mol. The molecule has 102 valence electrons. The van der Waals surface area contributed by atoms with Gasteiger partial charge in [0.2, 0.25) is 0 Å². The lowest BCUT2D eigenvalue weighted by atomic mass is 10.1. The van der Waals surface area contributed by atoms with Crippen molar-refractivity contribution in [3.8, 4) is 0 Å². The van der Waals surface area contributed by atoms with Crippen LogP contribution in [0, 0.1) is 0 Å². The molecule has 0 bridgehead atoms. The third kappa shape index (κ3) is 2.89. The Morgan fingerprint density at radius 2 is 1.67 bits per heavy atom. The molecule has 0 unspecified atom stereocenters. The van der Waals surface area contributed by atoms with E-state index >= 15 is 0 Å². The van der Waals surface area contributed by atoms with Crippen LogP contribution in [-0.4, -0.2) is 25.4 Å². The van der Waals surface area contributed by atoms with E-state index in [1.165, 1.54) is 6.20 Å². The Hall–Kier alpha value is -3.15. The third-order valence-corrected chi connectivity index (χ3v) is 2.88. The van der Waals surface area contributed by atoms with Crippen LogP contribution in [0.25, 0.3) is 21.8 Å². The second kappa shape index (κ2) is 5.87. The third-order valence-electron chi connectivity index (χ3n) is 2.88. The van der Waals surface area contributed by atoms with Crippen LogP contribution in [-0.2, 0) is 0 Å². The summed E-state index contributed by atoms with van der Waals surface area (Å²) in [6.07, 6.45) is 5.11. The molecule has 4 aromatic rings. The van der Waals surface area contributed by atoms with Crippen LogP contribution in [0.5, 0.6) is 0 Å². The molecule has 3 heterocycles. The largest absolute Gasteiger partial charge is 0.382 e. The van der Waals surface area contributed by atoms with Gasteiger partial charge in [0.1, 0.15) is 5.82 Å². The Balaban J connectivity index is 0.000000160. The SMILES string of the molecule is Nc1ccnnn1.c1cnc2c(c1)ccc1ncccc12. The number of hydrogen-bond donors (Lipinski definition) is 1. The van der Waals surface area contributed by atoms with Crippen LogP contribution in [0.4, 0.5) is 5.82 Å². The lowest BCUT2D eigenvalue weighted by molar-refractivity contribution is 0.873. The summed E-state index contributed by atoms with van der Waals surface area (Å²) in [5.41, 5.74) is 7.17. The summed E-state index contributed by atoms with van der Waals surface area (Å²) in [5, 5.41) is 12.3. The van der Waals surface area contributed by atoms with Crippen molar-refractivity contribution in [1.82, 2.24) is 25.4 Å². The minimum Gasteiger partial charge on any atom is -0.382 e. The number of hydrogen-bond acceptors (Lipinski definition) is 6. The number of nitrogens with zero attached hydrogens (tertiary/aromatic N) is 5. The highest BCUT2D eigenvalue weighted by molar-refractivity contribution is 6.03. The molecule has 0 radical (unpaired) electrons. The van der Waals surface area contributed by atoms with Gasteiger partial charge in [0, 0.05) is 29.2 Å². The predicted molar refractivity (Wildman–Crippen MR) is 81.3 cm³/mol. The number of anilines is 1. The number of pyridine rings is 2. The minimum absolute atomic E-state index is 0.398. The molecular weight excluding hydrogens is 264 g/mol. The molecule has 0 saturated heterocycles. The van der Waals surface area contributed by atoms with Gasteiger partial charge in [-0.05, 0) is 29.5 Å². The lowest BCUT2D eigenvalue weighted by Crippen LogP contribution is -1.91. The molecule has 1 aromatic carbocycles. The molecule has 6 heteroatoms. The zero-order valence-corrected chi connectivity index (χ0v) is 11.1. The van der Waals surface area contributed by atoms with E-state index in [9.17, 15) is 0 Å². The number of rotatable bonds is 0. The van der Waals surface area contributed by atoms with Crippen LogP contribution < -0.4 is 5.73 Å². The van der Waals surface area contributed by atoms with Crippen LogP contribution in [0.1, 0.15) is 0 Å². The highest BCUT2D eigenvalue weighted by Gasteiger charge is 1.99. The van der Waals surface area contributed by atoms with Gasteiger partial charge >= 0.3 is 0 Å². The van der Waals surface area contributed by atoms with E-state index in [0.717, 1.165) is 21.8 Å². The summed E-state index contributed by atoms with van der Waals surface area (Å²) in [7, 11) is 0. The van der Waals surface area contributed by atoms with Crippen LogP contribution in [0.15, 0.2) is 61.1 Å². The van der Waals surface area contributed by atoms with Gasteiger partial charge in [-0.1, -0.05) is 12.1 Å². The molecule has 0 aliphatic carbocycles. The summed E-state index contributed by atoms with van der Waals surface area (Å²) in [5.74, 6) is 0.398. The topological polar surface area (TPSA) is 90.5 Å². The molecule has 0 aliphatic rings. The first-order valence-electron chi connectivity index (χ1n) is 6.33. The van der Waals surface area contributed by atoms with Gasteiger partial charge in [0.25, 0.3) is 0 Å². The Kier molecular flexibility index (Phi) is 3.60. The first-order chi connectivity index (χ1) is 10.3. The van der Waals surface area contributed by atoms with Gasteiger partial charge in [0.05, 0.1) is 17.2 Å². The van der Waals surface area contributed by atoms with Crippen molar-refractivity contribution in [2.75, 3.05) is 5.73 Å². The van der Waals surface area contributed by atoms with Gasteiger partial charge in [-0.3, -0.25) is 9.97 Å². The second-order valence-corrected chi connectivity index (χ2v) is 4.26. The Labute approximate surface area is 120 Å². The van der Waals surface area contributed by atoms with Crippen molar-refractivity contribution < 1.29 is 0 Å². The normalized spacial score (nSPS) is 10.1. The predicted octanol–water partition coefficient (Wildman–Crippen LogP) is 2.24. The van der Waals surface area contributed by atoms with Gasteiger partial charge < -0.3 is 5.73 Å². The average molecular weight is 276 g/mol. The number of nitrogen functional groups attached to an aromatic ring is 1. The maximum atomic E-state index is 5.14. The van der Waals surface area contributed by atoms with E-state index in [2.05, 4.69) is 43.6 Å². The van der Waals surface area contributed by atoms with Gasteiger partial charge in [-0.25, -0.2) is 0 Å². The molecule has 0 saturated carbocycles. The standard InChI is InChI=1S/C12H8N2.C3H4N4/c1-3-9-5-6-11-10(4-2-7-13-11)12(9)14-8-1;4-3-1-2-5-7-6-3/h1-8H;1-2H,(H2,4,5,6). The molecule has 2 N–H and O–H groups in total. The van der Waals surface area contributed by atoms with E-state index in [4.69, 9.17) is 5.73 Å². The molecule has 0 atom stereocenters. The van der Waals surface area contributed by atoms with Crippen molar-refractivity contribution in [2.45, 2.75) is 0 Å². The molecule has 0 fully saturated rings. The van der Waals surface area contributed by atoms with Crippen molar-refractivity contribution >= 4 is 27.6 Å². The molecular formula is C15H12N6. The highest BCUT2D eigenvalue weighted by atomic mass is 15.3. The van der Waals surface area contributed by atoms with Crippen molar-refractivity contribution in [2.24, 2.45) is 0 Å². The van der Waals surface area contributed by atoms with Gasteiger partial charge in [-0.15, -0.1) is 10.2 Å². The van der Waals surface area contributed by atoms with E-state index in [1.807, 2.05) is 24.4 Å². The summed E-state index contributed by atoms with van der Waals surface area (Å²) < 4.78 is 0. The lowest BCUT2D eigenvalue weighted by Gasteiger charge is -2.00. The summed E-state index contributed by atoms with van der Waals surface area (Å²) in [4.78, 5) is 8.66. The first-order valence-corrected chi connectivity index (χ1v) is 6.33. The van der Waals surface area contributed by atoms with Crippen molar-refractivity contribution in [1.29, 1.82) is 0 Å². The zero-order chi connectivity index (χ0) is 14.5. The highest BCUT2D eigenvalue weighted by Crippen LogP contribution is 2.20. The van der Waals surface area contributed by atoms with E-state index < -0.39 is 0 Å². The molecule has 3 aromatic heterocycles. The second-order valence-electron chi connectivity index (χ2n) is 4.26. The fraction of sp³-hybridized carbons (Fsp3) is 0. The van der Waals surface area contributed by atoms with E-state index in [0.29, 0.717) is 5.82 Å². The zero-order valence-electron chi connectivity index (χ0n) is 11.1. The number of aromatic nitrogens is 5. The van der Waals surface area contributed by atoms with Gasteiger partial charge in [0.15, 0.2) is 0 Å². The van der Waals surface area contributed by atoms with Gasteiger partial charge in [-0.2, -0.15) is 0 Å². The molecule has 0 amide bonds. The fourth-order valence-electron chi connectivity index (χ4n) is 1.95. The molecule has 21 heavy (non-hydrogen) atoms. The average Bonchev–Trinajstić information content (AvgIpc) is 2.56. The van der Waals surface area contributed by atoms with E-state index in [-0.39, 0.29) is 0 Å². The summed E-state index contributed by atoms with van der Waals surface area (Å²) >= 11 is 0. The molecule has 0 spiro atoms. The van der Waals surface area contributed by atoms with Crippen LogP contribution >= 0.6 is 0 Å². The Morgan fingerprint density at radius 3 is 2.43 bits per heavy atom. The number of benzene rings is 1. The molecule has 4 rings (SSSR count). The first kappa shape index (κ1) is 12.9. The molecule has 6 nitrogen and oxygen atoms in total. The quantitative estimate of drug-likeness (QED) is 0.495. The van der Waals surface area contributed by atoms with Crippen LogP contribution in [0.3, 0.4) is 0 Å².